The van der Waals surface area contributed by atoms with Gasteiger partial charge in [0.05, 0.1) is 18.3 Å². The van der Waals surface area contributed by atoms with Gasteiger partial charge in [0.25, 0.3) is 11.9 Å². The van der Waals surface area contributed by atoms with Crippen LogP contribution in [0.3, 0.4) is 0 Å². The number of nitrogens with one attached hydrogen (secondary N) is 1. The van der Waals surface area contributed by atoms with Crippen molar-refractivity contribution in [2.75, 3.05) is 11.9 Å². The second-order valence-electron chi connectivity index (χ2n) is 7.07. The zero-order chi connectivity index (χ0) is 21.2. The molecule has 1 N–H and O–H groups in total. The summed E-state index contributed by atoms with van der Waals surface area (Å²) in [5.41, 5.74) is 3.40. The van der Waals surface area contributed by atoms with Crippen LogP contribution in [-0.4, -0.2) is 32.3 Å². The molecule has 31 heavy (non-hydrogen) atoms. The van der Waals surface area contributed by atoms with Crippen molar-refractivity contribution in [3.63, 3.8) is 0 Å². The maximum Gasteiger partial charge on any atom is 0.293 e. The zero-order valence-electron chi connectivity index (χ0n) is 16.8. The minimum Gasteiger partial charge on any atom is -0.492 e. The minimum absolute atomic E-state index is 0.110. The Hall–Kier alpha value is -4.20. The summed E-state index contributed by atoms with van der Waals surface area (Å²) < 4.78 is 13.0. The number of rotatable bonds is 6. The van der Waals surface area contributed by atoms with E-state index in [0.717, 1.165) is 22.2 Å². The number of amides is 1. The Morgan fingerprint density at radius 2 is 1.97 bits per heavy atom. The third-order valence-electron chi connectivity index (χ3n) is 4.92. The summed E-state index contributed by atoms with van der Waals surface area (Å²) in [5.74, 6) is 0.658. The first kappa shape index (κ1) is 18.8. The molecule has 154 valence electrons. The van der Waals surface area contributed by atoms with Crippen molar-refractivity contribution in [2.45, 2.75) is 13.5 Å². The molecule has 5 aromatic rings. The fourth-order valence-electron chi connectivity index (χ4n) is 3.49. The van der Waals surface area contributed by atoms with Gasteiger partial charge >= 0.3 is 0 Å². The molecule has 0 spiro atoms. The van der Waals surface area contributed by atoms with Crippen LogP contribution in [0.5, 0.6) is 5.75 Å². The largest absolute Gasteiger partial charge is 0.492 e. The maximum atomic E-state index is 12.3. The first-order valence-corrected chi connectivity index (χ1v) is 9.85. The number of hydrogen-bond acceptors (Lipinski definition) is 6. The van der Waals surface area contributed by atoms with E-state index in [-0.39, 0.29) is 11.7 Å². The summed E-state index contributed by atoms with van der Waals surface area (Å²) in [6.45, 7) is 3.04. The number of para-hydroxylation sites is 1. The van der Waals surface area contributed by atoms with Crippen LogP contribution < -0.4 is 10.1 Å². The summed E-state index contributed by atoms with van der Waals surface area (Å²) in [4.78, 5) is 16.9. The van der Waals surface area contributed by atoms with Gasteiger partial charge in [-0.05, 0) is 43.3 Å². The zero-order valence-corrected chi connectivity index (χ0v) is 16.8. The predicted octanol–water partition coefficient (Wildman–Crippen LogP) is 4.21. The van der Waals surface area contributed by atoms with E-state index in [1.807, 2.05) is 54.0 Å². The molecule has 0 bridgehead atoms. The number of ether oxygens (including phenoxy) is 1. The van der Waals surface area contributed by atoms with Crippen LogP contribution in [0.2, 0.25) is 0 Å². The minimum atomic E-state index is -0.433. The van der Waals surface area contributed by atoms with Gasteiger partial charge in [0.1, 0.15) is 17.9 Å². The van der Waals surface area contributed by atoms with E-state index in [9.17, 15) is 4.79 Å². The van der Waals surface area contributed by atoms with Gasteiger partial charge in [-0.1, -0.05) is 29.8 Å². The van der Waals surface area contributed by atoms with Crippen LogP contribution in [0, 0.1) is 6.92 Å². The highest BCUT2D eigenvalue weighted by atomic mass is 16.5. The molecule has 0 atom stereocenters. The number of carbonyl (C=O) groups is 1. The van der Waals surface area contributed by atoms with Crippen LogP contribution in [0.4, 0.5) is 5.95 Å². The van der Waals surface area contributed by atoms with E-state index in [2.05, 4.69) is 26.6 Å². The molecule has 0 aliphatic heterocycles. The molecule has 0 saturated heterocycles. The number of nitrogens with zero attached hydrogens (tertiary/aromatic N) is 4. The highest BCUT2D eigenvalue weighted by Gasteiger charge is 2.17. The topological polar surface area (TPSA) is 95.1 Å². The van der Waals surface area contributed by atoms with Crippen molar-refractivity contribution in [1.82, 2.24) is 19.7 Å². The van der Waals surface area contributed by atoms with Gasteiger partial charge < -0.3 is 13.7 Å². The molecule has 0 aliphatic rings. The Kier molecular flexibility index (Phi) is 4.80. The maximum absolute atomic E-state index is 12.3. The van der Waals surface area contributed by atoms with Crippen molar-refractivity contribution in [3.8, 4) is 5.75 Å². The molecule has 3 heterocycles. The predicted molar refractivity (Wildman–Crippen MR) is 116 cm³/mol. The molecule has 3 aromatic heterocycles. The van der Waals surface area contributed by atoms with E-state index < -0.39 is 5.91 Å². The van der Waals surface area contributed by atoms with E-state index in [0.29, 0.717) is 24.3 Å². The highest BCUT2D eigenvalue weighted by Crippen LogP contribution is 2.27. The lowest BCUT2D eigenvalue weighted by Gasteiger charge is -2.09. The molecule has 8 heteroatoms. The van der Waals surface area contributed by atoms with E-state index >= 15 is 0 Å². The van der Waals surface area contributed by atoms with Crippen molar-refractivity contribution in [2.24, 2.45) is 0 Å². The third kappa shape index (κ3) is 3.71. The van der Waals surface area contributed by atoms with Gasteiger partial charge in [-0.25, -0.2) is 0 Å². The standard InChI is InChI=1S/C23H19N5O3/c1-15-9-10-18-17(14-15)20-21(28(18)11-13-30-16-6-3-2-4-7-16)24-23(27-26-20)25-22(29)19-8-5-12-31-19/h2-10,12,14H,11,13H2,1H3,(H,24,25,27,29). The number of anilines is 1. The fourth-order valence-corrected chi connectivity index (χ4v) is 3.49. The molecule has 1 amide bonds. The molecule has 0 fully saturated rings. The van der Waals surface area contributed by atoms with Gasteiger partial charge in [0, 0.05) is 5.39 Å². The monoisotopic (exact) mass is 413 g/mol. The Morgan fingerprint density at radius 1 is 1.10 bits per heavy atom. The molecule has 0 saturated carbocycles. The lowest BCUT2D eigenvalue weighted by atomic mass is 10.2. The van der Waals surface area contributed by atoms with E-state index in [1.54, 1.807) is 12.1 Å². The number of benzene rings is 2. The number of aromatic nitrogens is 4. The Morgan fingerprint density at radius 3 is 2.77 bits per heavy atom. The second kappa shape index (κ2) is 7.91. The number of furan rings is 1. The van der Waals surface area contributed by atoms with Crippen LogP contribution in [0.25, 0.3) is 22.1 Å². The van der Waals surface area contributed by atoms with Crippen LogP contribution in [0.15, 0.2) is 71.3 Å². The third-order valence-corrected chi connectivity index (χ3v) is 4.92. The van der Waals surface area contributed by atoms with Gasteiger partial charge in [0.15, 0.2) is 11.4 Å². The fraction of sp³-hybridized carbons (Fsp3) is 0.130. The Balaban J connectivity index is 1.50. The smallest absolute Gasteiger partial charge is 0.293 e. The second-order valence-corrected chi connectivity index (χ2v) is 7.07. The lowest BCUT2D eigenvalue weighted by molar-refractivity contribution is 0.0995. The molecule has 5 rings (SSSR count). The number of fused-ring (bicyclic) bond motifs is 3. The first-order chi connectivity index (χ1) is 15.2. The average Bonchev–Trinajstić information content (AvgIpc) is 3.42. The van der Waals surface area contributed by atoms with E-state index in [1.165, 1.54) is 6.26 Å². The summed E-state index contributed by atoms with van der Waals surface area (Å²) in [6.07, 6.45) is 1.43. The SMILES string of the molecule is Cc1ccc2c(c1)c1nnc(NC(=O)c3ccco3)nc1n2CCOc1ccccc1. The van der Waals surface area contributed by atoms with Gasteiger partial charge in [-0.2, -0.15) is 4.98 Å². The van der Waals surface area contributed by atoms with Crippen molar-refractivity contribution >= 4 is 33.9 Å². The summed E-state index contributed by atoms with van der Waals surface area (Å²) in [6, 6.07) is 19.0. The molecular weight excluding hydrogens is 394 g/mol. The van der Waals surface area contributed by atoms with E-state index in [4.69, 9.17) is 9.15 Å². The highest BCUT2D eigenvalue weighted by molar-refractivity contribution is 6.05. The number of hydrogen-bond donors (Lipinski definition) is 1. The summed E-state index contributed by atoms with van der Waals surface area (Å²) in [5, 5.41) is 12.0. The normalized spacial score (nSPS) is 11.1. The molecular formula is C23H19N5O3. The molecule has 2 aromatic carbocycles. The van der Waals surface area contributed by atoms with Crippen molar-refractivity contribution < 1.29 is 13.9 Å². The average molecular weight is 413 g/mol. The lowest BCUT2D eigenvalue weighted by Crippen LogP contribution is -2.15. The summed E-state index contributed by atoms with van der Waals surface area (Å²) >= 11 is 0. The molecule has 0 radical (unpaired) electrons. The van der Waals surface area contributed by atoms with Gasteiger partial charge in [0.2, 0.25) is 0 Å². The number of carbonyl (C=O) groups excluding carboxylic acids is 1. The Labute approximate surface area is 177 Å². The van der Waals surface area contributed by atoms with Gasteiger partial charge in [-0.3, -0.25) is 10.1 Å². The quantitative estimate of drug-likeness (QED) is 0.448. The van der Waals surface area contributed by atoms with Crippen LogP contribution in [-0.2, 0) is 6.54 Å². The first-order valence-electron chi connectivity index (χ1n) is 9.85. The Bertz CT molecular complexity index is 1360. The summed E-state index contributed by atoms with van der Waals surface area (Å²) in [7, 11) is 0. The molecule has 0 aliphatic carbocycles. The van der Waals surface area contributed by atoms with Crippen molar-refractivity contribution in [3.05, 3.63) is 78.3 Å². The van der Waals surface area contributed by atoms with Gasteiger partial charge in [-0.15, -0.1) is 10.2 Å². The van der Waals surface area contributed by atoms with Crippen LogP contribution in [0.1, 0.15) is 16.1 Å². The van der Waals surface area contributed by atoms with Crippen molar-refractivity contribution in [1.29, 1.82) is 0 Å². The van der Waals surface area contributed by atoms with Crippen LogP contribution >= 0.6 is 0 Å². The molecule has 0 unspecified atom stereocenters. The molecule has 8 nitrogen and oxygen atoms in total. The number of aryl methyl sites for hydroxylation is 1.